The van der Waals surface area contributed by atoms with Gasteiger partial charge in [-0.3, -0.25) is 14.2 Å². The number of ether oxygens (including phenoxy) is 1. The number of thioether (sulfide) groups is 1. The van der Waals surface area contributed by atoms with Crippen LogP contribution >= 0.6 is 23.4 Å². The third-order valence-electron chi connectivity index (χ3n) is 5.51. The Morgan fingerprint density at radius 3 is 2.58 bits per heavy atom. The first kappa shape index (κ1) is 25.7. The normalized spacial score (nSPS) is 11.2. The fourth-order valence-electron chi connectivity index (χ4n) is 3.57. The molecular weight excluding hydrogens is 501 g/mol. The molecule has 3 aromatic carbocycles. The lowest BCUT2D eigenvalue weighted by Crippen LogP contribution is -2.27. The molecule has 0 aliphatic rings. The van der Waals surface area contributed by atoms with Crippen molar-refractivity contribution >= 4 is 40.2 Å². The number of hydrogen-bond donors (Lipinski definition) is 1. The summed E-state index contributed by atoms with van der Waals surface area (Å²) >= 11 is 7.41. The summed E-state index contributed by atoms with van der Waals surface area (Å²) in [6.07, 6.45) is 0. The van der Waals surface area contributed by atoms with Crippen LogP contribution in [-0.2, 0) is 5.75 Å². The first-order chi connectivity index (χ1) is 17.3. The van der Waals surface area contributed by atoms with Crippen LogP contribution < -0.4 is 15.6 Å². The quantitative estimate of drug-likeness (QED) is 0.230. The first-order valence-corrected chi connectivity index (χ1v) is 12.7. The fraction of sp³-hybridized carbons (Fsp3) is 0.222. The van der Waals surface area contributed by atoms with Gasteiger partial charge < -0.3 is 10.1 Å². The highest BCUT2D eigenvalue weighted by Gasteiger charge is 2.17. The van der Waals surface area contributed by atoms with Crippen molar-refractivity contribution in [3.05, 3.63) is 93.0 Å². The maximum Gasteiger partial charge on any atom is 0.266 e. The largest absolute Gasteiger partial charge is 0.497 e. The van der Waals surface area contributed by atoms with Crippen molar-refractivity contribution in [2.24, 2.45) is 5.92 Å². The highest BCUT2D eigenvalue weighted by molar-refractivity contribution is 7.98. The van der Waals surface area contributed by atoms with Crippen LogP contribution in [0, 0.1) is 11.7 Å². The highest BCUT2D eigenvalue weighted by Crippen LogP contribution is 2.29. The van der Waals surface area contributed by atoms with E-state index in [1.807, 2.05) is 13.8 Å². The summed E-state index contributed by atoms with van der Waals surface area (Å²) in [5.74, 6) is 0.438. The van der Waals surface area contributed by atoms with Gasteiger partial charge in [0, 0.05) is 28.4 Å². The Morgan fingerprint density at radius 2 is 1.92 bits per heavy atom. The van der Waals surface area contributed by atoms with Crippen LogP contribution in [0.4, 0.5) is 4.39 Å². The number of nitrogens with one attached hydrogen (secondary N) is 1. The van der Waals surface area contributed by atoms with Crippen LogP contribution in [0.1, 0.15) is 29.8 Å². The molecule has 1 amide bonds. The standard InChI is InChI=1S/C27H25ClFN3O3S/c1-16(2)14-30-25(33)17-7-12-20-24(13-17)31-27(36-15-21-22(28)5-4-6-23(21)29)32(26(20)34)18-8-10-19(35-3)11-9-18/h4-13,16H,14-15H2,1-3H3,(H,30,33). The molecule has 0 radical (unpaired) electrons. The van der Waals surface area contributed by atoms with Gasteiger partial charge in [-0.25, -0.2) is 9.37 Å². The van der Waals surface area contributed by atoms with Crippen molar-refractivity contribution in [1.29, 1.82) is 0 Å². The molecule has 9 heteroatoms. The Morgan fingerprint density at radius 1 is 1.17 bits per heavy atom. The molecule has 6 nitrogen and oxygen atoms in total. The molecule has 0 aliphatic heterocycles. The van der Waals surface area contributed by atoms with E-state index < -0.39 is 5.82 Å². The summed E-state index contributed by atoms with van der Waals surface area (Å²) in [6.45, 7) is 4.55. The second kappa shape index (κ2) is 11.1. The molecule has 1 N–H and O–H groups in total. The Labute approximate surface area is 217 Å². The van der Waals surface area contributed by atoms with Gasteiger partial charge >= 0.3 is 0 Å². The smallest absolute Gasteiger partial charge is 0.266 e. The topological polar surface area (TPSA) is 73.2 Å². The third kappa shape index (κ3) is 5.55. The van der Waals surface area contributed by atoms with Crippen molar-refractivity contribution in [1.82, 2.24) is 14.9 Å². The summed E-state index contributed by atoms with van der Waals surface area (Å²) in [6, 6.07) is 16.3. The number of methoxy groups -OCH3 is 1. The molecular formula is C27H25ClFN3O3S. The molecule has 0 fully saturated rings. The molecule has 36 heavy (non-hydrogen) atoms. The van der Waals surface area contributed by atoms with Crippen LogP contribution in [0.3, 0.4) is 0 Å². The maximum atomic E-state index is 14.4. The monoisotopic (exact) mass is 525 g/mol. The van der Waals surface area contributed by atoms with E-state index >= 15 is 0 Å². The zero-order valence-electron chi connectivity index (χ0n) is 20.0. The number of halogens is 2. The highest BCUT2D eigenvalue weighted by atomic mass is 35.5. The molecule has 0 atom stereocenters. The number of carbonyl (C=O) groups is 1. The number of hydrogen-bond acceptors (Lipinski definition) is 5. The molecule has 0 aliphatic carbocycles. The van der Waals surface area contributed by atoms with Crippen LogP contribution in [0.25, 0.3) is 16.6 Å². The van der Waals surface area contributed by atoms with Crippen molar-refractivity contribution in [2.45, 2.75) is 24.8 Å². The average molecular weight is 526 g/mol. The Kier molecular flexibility index (Phi) is 7.96. The van der Waals surface area contributed by atoms with E-state index in [-0.39, 0.29) is 17.2 Å². The molecule has 4 aromatic rings. The number of aromatic nitrogens is 2. The number of rotatable bonds is 8. The maximum absolute atomic E-state index is 14.4. The summed E-state index contributed by atoms with van der Waals surface area (Å²) in [4.78, 5) is 30.9. The lowest BCUT2D eigenvalue weighted by molar-refractivity contribution is 0.0949. The average Bonchev–Trinajstić information content (AvgIpc) is 2.87. The van der Waals surface area contributed by atoms with Crippen LogP contribution in [0.5, 0.6) is 5.75 Å². The minimum absolute atomic E-state index is 0.161. The fourth-order valence-corrected chi connectivity index (χ4v) is 4.92. The van der Waals surface area contributed by atoms with Crippen molar-refractivity contribution < 1.29 is 13.9 Å². The zero-order valence-corrected chi connectivity index (χ0v) is 21.6. The van der Waals surface area contributed by atoms with E-state index in [4.69, 9.17) is 21.3 Å². The van der Waals surface area contributed by atoms with E-state index in [9.17, 15) is 14.0 Å². The van der Waals surface area contributed by atoms with E-state index in [1.165, 1.54) is 22.4 Å². The van der Waals surface area contributed by atoms with Gasteiger partial charge in [-0.2, -0.15) is 0 Å². The molecule has 186 valence electrons. The van der Waals surface area contributed by atoms with Crippen LogP contribution in [-0.4, -0.2) is 29.1 Å². The van der Waals surface area contributed by atoms with Gasteiger partial charge in [0.05, 0.1) is 23.7 Å². The number of benzene rings is 3. The number of amides is 1. The van der Waals surface area contributed by atoms with Gasteiger partial charge in [0.2, 0.25) is 0 Å². The van der Waals surface area contributed by atoms with E-state index in [1.54, 1.807) is 61.7 Å². The second-order valence-corrected chi connectivity index (χ2v) is 9.91. The van der Waals surface area contributed by atoms with E-state index in [0.29, 0.717) is 56.1 Å². The Hall–Kier alpha value is -3.36. The molecule has 1 aromatic heterocycles. The molecule has 0 saturated heterocycles. The second-order valence-electron chi connectivity index (χ2n) is 8.56. The lowest BCUT2D eigenvalue weighted by atomic mass is 10.1. The minimum Gasteiger partial charge on any atom is -0.497 e. The third-order valence-corrected chi connectivity index (χ3v) is 6.83. The van der Waals surface area contributed by atoms with Gasteiger partial charge in [0.1, 0.15) is 11.6 Å². The Bertz CT molecular complexity index is 1450. The van der Waals surface area contributed by atoms with E-state index in [2.05, 4.69) is 5.32 Å². The zero-order chi connectivity index (χ0) is 25.8. The van der Waals surface area contributed by atoms with Gasteiger partial charge in [0.25, 0.3) is 11.5 Å². The van der Waals surface area contributed by atoms with Gasteiger partial charge in [-0.05, 0) is 60.5 Å². The number of carbonyl (C=O) groups excluding carboxylic acids is 1. The molecule has 1 heterocycles. The van der Waals surface area contributed by atoms with Crippen molar-refractivity contribution in [3.63, 3.8) is 0 Å². The first-order valence-electron chi connectivity index (χ1n) is 11.3. The Balaban J connectivity index is 1.81. The summed E-state index contributed by atoms with van der Waals surface area (Å²) in [5.41, 5.74) is 1.38. The van der Waals surface area contributed by atoms with Gasteiger partial charge in [-0.1, -0.05) is 43.3 Å². The molecule has 0 bridgehead atoms. The van der Waals surface area contributed by atoms with Crippen molar-refractivity contribution in [2.75, 3.05) is 13.7 Å². The van der Waals surface area contributed by atoms with E-state index in [0.717, 1.165) is 0 Å². The summed E-state index contributed by atoms with van der Waals surface area (Å²) in [5, 5.41) is 3.88. The predicted octanol–water partition coefficient (Wildman–Crippen LogP) is 5.86. The number of nitrogens with zero attached hydrogens (tertiary/aromatic N) is 2. The number of fused-ring (bicyclic) bond motifs is 1. The predicted molar refractivity (Wildman–Crippen MR) is 142 cm³/mol. The molecule has 4 rings (SSSR count). The molecule has 0 unspecified atom stereocenters. The van der Waals surface area contributed by atoms with Gasteiger partial charge in [0.15, 0.2) is 5.16 Å². The van der Waals surface area contributed by atoms with Crippen LogP contribution in [0.2, 0.25) is 5.02 Å². The summed E-state index contributed by atoms with van der Waals surface area (Å²) in [7, 11) is 1.56. The lowest BCUT2D eigenvalue weighted by Gasteiger charge is -2.15. The minimum atomic E-state index is -0.432. The summed E-state index contributed by atoms with van der Waals surface area (Å²) < 4.78 is 21.1. The SMILES string of the molecule is COc1ccc(-n2c(SCc3c(F)cccc3Cl)nc3cc(C(=O)NCC(C)C)ccc3c2=O)cc1. The molecule has 0 saturated carbocycles. The van der Waals surface area contributed by atoms with Gasteiger partial charge in [-0.15, -0.1) is 0 Å². The van der Waals surface area contributed by atoms with Crippen LogP contribution in [0.15, 0.2) is 70.6 Å². The van der Waals surface area contributed by atoms with Crippen molar-refractivity contribution in [3.8, 4) is 11.4 Å². The molecule has 0 spiro atoms.